The maximum atomic E-state index is 12.9. The maximum absolute atomic E-state index is 12.9. The Bertz CT molecular complexity index is 3420. The van der Waals surface area contributed by atoms with E-state index in [-0.39, 0.29) is 42.4 Å². The zero-order valence-corrected chi connectivity index (χ0v) is 77.1. The first-order chi connectivity index (χ1) is 60.7. The number of aliphatic hydroxyl groups excluding tert-OH is 1. The number of benzene rings is 5. The van der Waals surface area contributed by atoms with Gasteiger partial charge in [-0.3, -0.25) is 19.2 Å². The van der Waals surface area contributed by atoms with Gasteiger partial charge in [-0.1, -0.05) is 226 Å². The molecular formula is C105H158O19. The topological polar surface area (TPSA) is 241 Å². The summed E-state index contributed by atoms with van der Waals surface area (Å²) >= 11 is 0. The minimum absolute atomic E-state index is 0.118. The molecule has 124 heavy (non-hydrogen) atoms. The Labute approximate surface area is 745 Å². The van der Waals surface area contributed by atoms with Crippen molar-refractivity contribution in [3.05, 3.63) is 143 Å². The van der Waals surface area contributed by atoms with Crippen molar-refractivity contribution in [2.24, 2.45) is 11.8 Å². The third-order valence-corrected chi connectivity index (χ3v) is 23.3. The molecule has 19 heteroatoms. The summed E-state index contributed by atoms with van der Waals surface area (Å²) in [5.74, 6) is 5.26. The van der Waals surface area contributed by atoms with Crippen molar-refractivity contribution >= 4 is 41.8 Å². The van der Waals surface area contributed by atoms with Crippen LogP contribution in [0.5, 0.6) is 34.5 Å². The van der Waals surface area contributed by atoms with Crippen LogP contribution < -0.4 is 28.4 Å². The molecule has 19 nitrogen and oxygen atoms in total. The zero-order chi connectivity index (χ0) is 88.9. The summed E-state index contributed by atoms with van der Waals surface area (Å²) in [6, 6.07) is 35.9. The molecule has 692 valence electrons. The molecule has 2 fully saturated rings. The van der Waals surface area contributed by atoms with Gasteiger partial charge in [0, 0.05) is 32.3 Å². The molecule has 0 atom stereocenters. The van der Waals surface area contributed by atoms with Crippen LogP contribution in [0.4, 0.5) is 0 Å². The fourth-order valence-corrected chi connectivity index (χ4v) is 15.5. The molecule has 0 aromatic heterocycles. The molecule has 5 aromatic carbocycles. The van der Waals surface area contributed by atoms with E-state index >= 15 is 0 Å². The fourth-order valence-electron chi connectivity index (χ4n) is 15.5. The summed E-state index contributed by atoms with van der Waals surface area (Å²) in [5.41, 5.74) is 4.14. The molecule has 0 spiro atoms. The van der Waals surface area contributed by atoms with Gasteiger partial charge in [-0.25, -0.2) is 14.4 Å². The van der Waals surface area contributed by atoms with Gasteiger partial charge in [0.15, 0.2) is 0 Å². The summed E-state index contributed by atoms with van der Waals surface area (Å²) in [7, 11) is 0. The fraction of sp³-hybridized carbons (Fsp3) is 0.648. The zero-order valence-electron chi connectivity index (χ0n) is 77.1. The summed E-state index contributed by atoms with van der Waals surface area (Å²) < 4.78 is 60.8. The monoisotopic (exact) mass is 1720 g/mol. The lowest BCUT2D eigenvalue weighted by atomic mass is 9.77. The largest absolute Gasteiger partial charge is 0.494 e. The lowest BCUT2D eigenvalue weighted by molar-refractivity contribution is -0.144. The Hall–Kier alpha value is -8.45. The number of hydrogen-bond donors (Lipinski definition) is 1. The van der Waals surface area contributed by atoms with Gasteiger partial charge in [0.25, 0.3) is 0 Å². The molecular weight excluding hydrogens is 1570 g/mol. The highest BCUT2D eigenvalue weighted by atomic mass is 16.6. The van der Waals surface area contributed by atoms with Gasteiger partial charge in [0.05, 0.1) is 70.6 Å². The highest BCUT2D eigenvalue weighted by Gasteiger charge is 2.25. The van der Waals surface area contributed by atoms with Gasteiger partial charge in [0.1, 0.15) is 40.1 Å². The van der Waals surface area contributed by atoms with Gasteiger partial charge in [-0.2, -0.15) is 0 Å². The number of carbonyl (C=O) groups is 7. The predicted molar refractivity (Wildman–Crippen MR) is 493 cm³/mol. The van der Waals surface area contributed by atoms with Gasteiger partial charge < -0.3 is 57.2 Å². The second-order valence-electron chi connectivity index (χ2n) is 33.5. The molecule has 0 amide bonds. The molecule has 0 bridgehead atoms. The van der Waals surface area contributed by atoms with Crippen LogP contribution in [0.3, 0.4) is 0 Å². The van der Waals surface area contributed by atoms with Gasteiger partial charge in [-0.05, 0) is 248 Å². The van der Waals surface area contributed by atoms with Crippen LogP contribution in [0.2, 0.25) is 0 Å². The van der Waals surface area contributed by atoms with E-state index in [0.29, 0.717) is 137 Å². The summed E-state index contributed by atoms with van der Waals surface area (Å²) in [6.07, 6.45) is 51.3. The third-order valence-electron chi connectivity index (χ3n) is 23.3. The quantitative estimate of drug-likeness (QED) is 0.0165. The molecule has 0 aliphatic heterocycles. The van der Waals surface area contributed by atoms with Crippen LogP contribution in [-0.2, 0) is 42.9 Å². The molecule has 0 unspecified atom stereocenters. The molecule has 2 aliphatic carbocycles. The van der Waals surface area contributed by atoms with Gasteiger partial charge >= 0.3 is 41.8 Å². The number of esters is 7. The number of unbranched alkanes of at least 4 members (excludes halogenated alkanes) is 27. The lowest BCUT2D eigenvalue weighted by Gasteiger charge is -2.29. The number of rotatable bonds is 65. The SMILES string of the molecule is CCC(=O)OCCCCCCCCOc1ccc(OCCCCCCCCOC(=O)CC)c(C(=O)OCCCCCCO)c1.CCCCCC1CCC(c2ccc(OC(=O)c3ccc(OCCCCCCCCOC(=O)CC)cc3)cc2)CC1.CCCCCC1CCC(c2ccc(OC(=O)c3ccc(OCCCCCCCCOC(=O)CC)cc3)cc2)CC1. The average Bonchev–Trinajstić information content (AvgIpc) is 0.852. The second kappa shape index (κ2) is 69.7. The molecule has 5 aromatic rings. The Morgan fingerprint density at radius 2 is 0.556 bits per heavy atom. The van der Waals surface area contributed by atoms with Crippen molar-refractivity contribution in [2.75, 3.05) is 66.1 Å². The summed E-state index contributed by atoms with van der Waals surface area (Å²) in [6.45, 7) is 16.7. The number of ether oxygens (including phenoxy) is 11. The molecule has 0 radical (unpaired) electrons. The summed E-state index contributed by atoms with van der Waals surface area (Å²) in [5, 5.41) is 8.93. The van der Waals surface area contributed by atoms with E-state index in [4.69, 9.17) is 57.2 Å². The van der Waals surface area contributed by atoms with Gasteiger partial charge in [0.2, 0.25) is 0 Å². The lowest BCUT2D eigenvalue weighted by Crippen LogP contribution is -2.13. The summed E-state index contributed by atoms with van der Waals surface area (Å²) in [4.78, 5) is 82.7. The van der Waals surface area contributed by atoms with Crippen LogP contribution in [0, 0.1) is 11.8 Å². The van der Waals surface area contributed by atoms with Crippen molar-refractivity contribution in [3.8, 4) is 34.5 Å². The predicted octanol–water partition coefficient (Wildman–Crippen LogP) is 26.6. The van der Waals surface area contributed by atoms with Gasteiger partial charge in [-0.15, -0.1) is 0 Å². The van der Waals surface area contributed by atoms with Crippen molar-refractivity contribution in [1.82, 2.24) is 0 Å². The average molecular weight is 1720 g/mol. The normalized spacial score (nSPS) is 14.7. The Morgan fingerprint density at radius 3 is 0.879 bits per heavy atom. The van der Waals surface area contributed by atoms with E-state index in [0.717, 1.165) is 203 Å². The standard InChI is InChI=1S/C35H58O9.2C35H50O5/c1-3-33(37)42-26-18-12-7-5-10-16-24-40-30-21-22-32(31(29-30)35(39)44-28-20-14-9-15-23-36)41-25-17-11-6-8-13-19-27-43-34(38)4-2;2*1-3-5-10-13-28-14-16-29(17-15-28)30-18-24-33(25-19-30)40-35(37)31-20-22-32(23-21-31)38-26-11-8-6-7-9-12-27-39-34(36)4-2/h21-22,29,36H,3-20,23-28H2,1-2H3;2*18-25,28-29H,3-17,26-27H2,1-2H3. The van der Waals surface area contributed by atoms with Crippen molar-refractivity contribution in [3.63, 3.8) is 0 Å². The first kappa shape index (κ1) is 106. The minimum atomic E-state index is -0.416. The van der Waals surface area contributed by atoms with Crippen molar-refractivity contribution < 1.29 is 90.8 Å². The van der Waals surface area contributed by atoms with Crippen molar-refractivity contribution in [2.45, 2.75) is 362 Å². The highest BCUT2D eigenvalue weighted by Crippen LogP contribution is 2.40. The van der Waals surface area contributed by atoms with E-state index in [2.05, 4.69) is 38.1 Å². The second-order valence-corrected chi connectivity index (χ2v) is 33.5. The minimum Gasteiger partial charge on any atom is -0.494 e. The molecule has 2 saturated carbocycles. The Kier molecular flexibility index (Phi) is 59.6. The molecule has 2 aliphatic rings. The third kappa shape index (κ3) is 49.5. The number of aliphatic hydroxyl groups is 1. The first-order valence-corrected chi connectivity index (χ1v) is 48.6. The van der Waals surface area contributed by atoms with E-state index in [1.54, 1.807) is 50.2 Å². The Balaban J connectivity index is 0.000000331. The highest BCUT2D eigenvalue weighted by molar-refractivity contribution is 5.93. The van der Waals surface area contributed by atoms with E-state index in [9.17, 15) is 33.6 Å². The molecule has 0 heterocycles. The maximum Gasteiger partial charge on any atom is 0.343 e. The van der Waals surface area contributed by atoms with Crippen molar-refractivity contribution in [1.29, 1.82) is 0 Å². The van der Waals surface area contributed by atoms with Crippen LogP contribution in [-0.4, -0.2) is 113 Å². The molecule has 1 N–H and O–H groups in total. The Morgan fingerprint density at radius 1 is 0.274 bits per heavy atom. The van der Waals surface area contributed by atoms with Crippen LogP contribution in [0.15, 0.2) is 115 Å². The van der Waals surface area contributed by atoms with Crippen LogP contribution in [0.1, 0.15) is 404 Å². The van der Waals surface area contributed by atoms with E-state index < -0.39 is 5.97 Å². The van der Waals surface area contributed by atoms with E-state index in [1.165, 1.54) is 114 Å². The van der Waals surface area contributed by atoms with Crippen LogP contribution >= 0.6 is 0 Å². The number of carbonyl (C=O) groups excluding carboxylic acids is 7. The number of hydrogen-bond acceptors (Lipinski definition) is 19. The van der Waals surface area contributed by atoms with E-state index in [1.807, 2.05) is 68.4 Å². The first-order valence-electron chi connectivity index (χ1n) is 48.6. The molecule has 0 saturated heterocycles. The van der Waals surface area contributed by atoms with Crippen LogP contribution in [0.25, 0.3) is 0 Å². The molecule has 7 rings (SSSR count). The smallest absolute Gasteiger partial charge is 0.343 e.